The van der Waals surface area contributed by atoms with Crippen LogP contribution in [0.2, 0.25) is 5.02 Å². The van der Waals surface area contributed by atoms with E-state index in [0.717, 1.165) is 38.2 Å². The van der Waals surface area contributed by atoms with Crippen LogP contribution in [0.1, 0.15) is 23.2 Å². The van der Waals surface area contributed by atoms with E-state index in [1.54, 1.807) is 12.1 Å². The average molecular weight is 268 g/mol. The molecule has 1 fully saturated rings. The molecule has 0 saturated carbocycles. The molecule has 0 aliphatic carbocycles. The van der Waals surface area contributed by atoms with Crippen molar-refractivity contribution in [3.05, 3.63) is 28.8 Å². The number of aldehydes is 1. The van der Waals surface area contributed by atoms with Crippen molar-refractivity contribution >= 4 is 23.6 Å². The Labute approximate surface area is 113 Å². The Kier molecular flexibility index (Phi) is 4.61. The number of rotatable bonds is 4. The molecule has 1 aromatic rings. The van der Waals surface area contributed by atoms with Crippen LogP contribution < -0.4 is 4.90 Å². The van der Waals surface area contributed by atoms with Crippen molar-refractivity contribution < 1.29 is 9.53 Å². The lowest BCUT2D eigenvalue weighted by atomic mass is 10.0. The van der Waals surface area contributed by atoms with E-state index >= 15 is 0 Å². The van der Waals surface area contributed by atoms with E-state index in [1.807, 2.05) is 13.1 Å². The van der Waals surface area contributed by atoms with E-state index in [4.69, 9.17) is 16.3 Å². The first-order valence-electron chi connectivity index (χ1n) is 6.24. The quantitative estimate of drug-likeness (QED) is 0.786. The monoisotopic (exact) mass is 267 g/mol. The molecular formula is C14H18ClNO2. The number of benzene rings is 1. The van der Waals surface area contributed by atoms with Crippen molar-refractivity contribution in [3.8, 4) is 0 Å². The number of carbonyl (C=O) groups excluding carboxylic acids is 1. The molecule has 98 valence electrons. The van der Waals surface area contributed by atoms with Crippen LogP contribution in [-0.4, -0.2) is 33.1 Å². The Balaban J connectivity index is 2.03. The van der Waals surface area contributed by atoms with Crippen LogP contribution in [0, 0.1) is 5.92 Å². The highest BCUT2D eigenvalue weighted by molar-refractivity contribution is 6.33. The first kappa shape index (κ1) is 13.4. The molecular weight excluding hydrogens is 250 g/mol. The Morgan fingerprint density at radius 1 is 1.56 bits per heavy atom. The number of hydrogen-bond acceptors (Lipinski definition) is 3. The fraction of sp³-hybridized carbons (Fsp3) is 0.500. The summed E-state index contributed by atoms with van der Waals surface area (Å²) < 4.78 is 5.48. The number of ether oxygens (including phenoxy) is 1. The summed E-state index contributed by atoms with van der Waals surface area (Å²) in [6.07, 6.45) is 3.15. The lowest BCUT2D eigenvalue weighted by molar-refractivity contribution is 0.0576. The second-order valence-corrected chi connectivity index (χ2v) is 5.20. The molecule has 4 heteroatoms. The second-order valence-electron chi connectivity index (χ2n) is 4.79. The van der Waals surface area contributed by atoms with Gasteiger partial charge < -0.3 is 9.64 Å². The molecule has 0 radical (unpaired) electrons. The molecule has 0 aromatic heterocycles. The summed E-state index contributed by atoms with van der Waals surface area (Å²) in [4.78, 5) is 12.8. The summed E-state index contributed by atoms with van der Waals surface area (Å²) in [6, 6.07) is 5.40. The van der Waals surface area contributed by atoms with Gasteiger partial charge in [-0.2, -0.15) is 0 Å². The molecule has 2 rings (SSSR count). The normalized spacial score (nSPS) is 19.6. The first-order chi connectivity index (χ1) is 8.70. The third-order valence-electron chi connectivity index (χ3n) is 3.31. The van der Waals surface area contributed by atoms with Gasteiger partial charge in [-0.3, -0.25) is 4.79 Å². The van der Waals surface area contributed by atoms with E-state index in [2.05, 4.69) is 4.90 Å². The lowest BCUT2D eigenvalue weighted by Crippen LogP contribution is -2.30. The van der Waals surface area contributed by atoms with Crippen molar-refractivity contribution in [2.24, 2.45) is 5.92 Å². The molecule has 1 atom stereocenters. The Morgan fingerprint density at radius 2 is 2.39 bits per heavy atom. The SMILES string of the molecule is CN(CC1CCCOC1)c1ccc(C=O)cc1Cl. The van der Waals surface area contributed by atoms with Crippen molar-refractivity contribution in [2.75, 3.05) is 31.7 Å². The topological polar surface area (TPSA) is 29.5 Å². The second kappa shape index (κ2) is 6.21. The molecule has 1 aliphatic heterocycles. The zero-order valence-corrected chi connectivity index (χ0v) is 11.3. The fourth-order valence-corrected chi connectivity index (χ4v) is 2.68. The van der Waals surface area contributed by atoms with Crippen LogP contribution in [0.15, 0.2) is 18.2 Å². The zero-order chi connectivity index (χ0) is 13.0. The first-order valence-corrected chi connectivity index (χ1v) is 6.62. The van der Waals surface area contributed by atoms with Crippen molar-refractivity contribution in [1.29, 1.82) is 0 Å². The van der Waals surface area contributed by atoms with E-state index in [0.29, 0.717) is 16.5 Å². The van der Waals surface area contributed by atoms with Crippen LogP contribution in [0.5, 0.6) is 0 Å². The van der Waals surface area contributed by atoms with Gasteiger partial charge in [-0.15, -0.1) is 0 Å². The van der Waals surface area contributed by atoms with Gasteiger partial charge >= 0.3 is 0 Å². The van der Waals surface area contributed by atoms with Gasteiger partial charge in [-0.25, -0.2) is 0 Å². The summed E-state index contributed by atoms with van der Waals surface area (Å²) >= 11 is 6.19. The van der Waals surface area contributed by atoms with Crippen LogP contribution in [0.25, 0.3) is 0 Å². The number of anilines is 1. The largest absolute Gasteiger partial charge is 0.381 e. The highest BCUT2D eigenvalue weighted by Crippen LogP contribution is 2.27. The molecule has 0 spiro atoms. The number of nitrogens with zero attached hydrogens (tertiary/aromatic N) is 1. The molecule has 0 amide bonds. The van der Waals surface area contributed by atoms with Crippen LogP contribution in [0.4, 0.5) is 5.69 Å². The smallest absolute Gasteiger partial charge is 0.150 e. The summed E-state index contributed by atoms with van der Waals surface area (Å²) in [5, 5.41) is 0.624. The zero-order valence-electron chi connectivity index (χ0n) is 10.6. The predicted octanol–water partition coefficient (Wildman–Crippen LogP) is 3.02. The lowest BCUT2D eigenvalue weighted by Gasteiger charge is -2.29. The summed E-state index contributed by atoms with van der Waals surface area (Å²) in [7, 11) is 2.02. The Hall–Kier alpha value is -1.06. The third-order valence-corrected chi connectivity index (χ3v) is 3.61. The van der Waals surface area contributed by atoms with Crippen molar-refractivity contribution in [1.82, 2.24) is 0 Å². The minimum atomic E-state index is 0.561. The summed E-state index contributed by atoms with van der Waals surface area (Å²) in [5.74, 6) is 0.561. The molecule has 1 heterocycles. The molecule has 3 nitrogen and oxygen atoms in total. The van der Waals surface area contributed by atoms with Gasteiger partial charge in [0.15, 0.2) is 0 Å². The minimum absolute atomic E-state index is 0.561. The van der Waals surface area contributed by atoms with Gasteiger partial charge in [0, 0.05) is 25.8 Å². The molecule has 18 heavy (non-hydrogen) atoms. The summed E-state index contributed by atoms with van der Waals surface area (Å²) in [5.41, 5.74) is 1.57. The molecule has 1 aliphatic rings. The van der Waals surface area contributed by atoms with Crippen LogP contribution in [0.3, 0.4) is 0 Å². The average Bonchev–Trinajstić information content (AvgIpc) is 2.39. The van der Waals surface area contributed by atoms with Crippen molar-refractivity contribution in [3.63, 3.8) is 0 Å². The maximum Gasteiger partial charge on any atom is 0.150 e. The van der Waals surface area contributed by atoms with Gasteiger partial charge in [0.1, 0.15) is 6.29 Å². The third kappa shape index (κ3) is 3.24. The number of carbonyl (C=O) groups is 1. The fourth-order valence-electron chi connectivity index (χ4n) is 2.34. The van der Waals surface area contributed by atoms with Crippen molar-refractivity contribution in [2.45, 2.75) is 12.8 Å². The van der Waals surface area contributed by atoms with Gasteiger partial charge in [0.05, 0.1) is 17.3 Å². The van der Waals surface area contributed by atoms with Gasteiger partial charge in [-0.1, -0.05) is 11.6 Å². The molecule has 0 bridgehead atoms. The van der Waals surface area contributed by atoms with E-state index in [-0.39, 0.29) is 0 Å². The summed E-state index contributed by atoms with van der Waals surface area (Å²) in [6.45, 7) is 2.64. The predicted molar refractivity (Wildman–Crippen MR) is 73.7 cm³/mol. The molecule has 1 aromatic carbocycles. The Bertz CT molecular complexity index is 416. The Morgan fingerprint density at radius 3 is 3.00 bits per heavy atom. The highest BCUT2D eigenvalue weighted by atomic mass is 35.5. The van der Waals surface area contributed by atoms with E-state index < -0.39 is 0 Å². The van der Waals surface area contributed by atoms with E-state index in [9.17, 15) is 4.79 Å². The van der Waals surface area contributed by atoms with Gasteiger partial charge in [0.2, 0.25) is 0 Å². The number of hydrogen-bond donors (Lipinski definition) is 0. The molecule has 1 unspecified atom stereocenters. The number of halogens is 1. The maximum atomic E-state index is 10.7. The van der Waals surface area contributed by atoms with Crippen LogP contribution in [-0.2, 0) is 4.74 Å². The van der Waals surface area contributed by atoms with Gasteiger partial charge in [0.25, 0.3) is 0 Å². The van der Waals surface area contributed by atoms with Gasteiger partial charge in [-0.05, 0) is 37.0 Å². The minimum Gasteiger partial charge on any atom is -0.381 e. The van der Waals surface area contributed by atoms with E-state index in [1.165, 1.54) is 6.42 Å². The maximum absolute atomic E-state index is 10.7. The molecule has 0 N–H and O–H groups in total. The van der Waals surface area contributed by atoms with Crippen LogP contribution >= 0.6 is 11.6 Å². The molecule has 1 saturated heterocycles. The highest BCUT2D eigenvalue weighted by Gasteiger charge is 2.17. The standard InChI is InChI=1S/C14H18ClNO2/c1-16(8-12-3-2-6-18-10-12)14-5-4-11(9-17)7-13(14)15/h4-5,7,9,12H,2-3,6,8,10H2,1H3.